The van der Waals surface area contributed by atoms with Crippen molar-refractivity contribution in [3.05, 3.63) is 11.7 Å². The van der Waals surface area contributed by atoms with Gasteiger partial charge in [-0.1, -0.05) is 19.0 Å². The summed E-state index contributed by atoms with van der Waals surface area (Å²) in [6, 6.07) is 0. The number of aromatic nitrogens is 2. The van der Waals surface area contributed by atoms with Gasteiger partial charge in [0.2, 0.25) is 5.89 Å². The Morgan fingerprint density at radius 3 is 2.33 bits per heavy atom. The van der Waals surface area contributed by atoms with Crippen molar-refractivity contribution in [2.75, 3.05) is 12.9 Å². The predicted molar refractivity (Wildman–Crippen MR) is 76.4 cm³/mol. The molecule has 0 spiro atoms. The van der Waals surface area contributed by atoms with E-state index in [9.17, 15) is 13.2 Å². The molecule has 1 atom stereocenters. The molecule has 1 aromatic heterocycles. The molecule has 0 bridgehead atoms. The summed E-state index contributed by atoms with van der Waals surface area (Å²) >= 11 is 0. The van der Waals surface area contributed by atoms with Gasteiger partial charge in [0.05, 0.1) is 6.61 Å². The van der Waals surface area contributed by atoms with Gasteiger partial charge in [0.1, 0.15) is 10.7 Å². The highest BCUT2D eigenvalue weighted by Gasteiger charge is 2.44. The molecule has 0 aliphatic carbocycles. The first-order chi connectivity index (χ1) is 9.72. The number of hydrogen-bond donors (Lipinski definition) is 0. The molecule has 0 aromatic carbocycles. The third kappa shape index (κ3) is 3.42. The normalized spacial score (nSPS) is 14.0. The van der Waals surface area contributed by atoms with Gasteiger partial charge in [-0.05, 0) is 26.7 Å². The van der Waals surface area contributed by atoms with Crippen molar-refractivity contribution < 1.29 is 22.5 Å². The highest BCUT2D eigenvalue weighted by molar-refractivity contribution is 7.90. The maximum Gasteiger partial charge on any atom is 0.321 e. The number of hydrogen-bond acceptors (Lipinski definition) is 7. The molecule has 0 saturated carbocycles. The zero-order valence-electron chi connectivity index (χ0n) is 13.0. The van der Waals surface area contributed by atoms with Crippen LogP contribution in [0.25, 0.3) is 0 Å². The molecule has 21 heavy (non-hydrogen) atoms. The molecule has 0 aliphatic heterocycles. The maximum absolute atomic E-state index is 12.2. The van der Waals surface area contributed by atoms with Crippen molar-refractivity contribution in [3.63, 3.8) is 0 Å². The van der Waals surface area contributed by atoms with Gasteiger partial charge in [-0.15, -0.1) is 0 Å². The van der Waals surface area contributed by atoms with E-state index in [2.05, 4.69) is 10.1 Å². The van der Waals surface area contributed by atoms with Crippen LogP contribution in [0.2, 0.25) is 0 Å². The van der Waals surface area contributed by atoms with E-state index in [0.717, 1.165) is 6.26 Å². The molecule has 0 fully saturated rings. The first-order valence-corrected chi connectivity index (χ1v) is 8.88. The molecule has 1 rings (SSSR count). The quantitative estimate of drug-likeness (QED) is 0.707. The van der Waals surface area contributed by atoms with Crippen LogP contribution in [0.4, 0.5) is 0 Å². The van der Waals surface area contributed by atoms with Crippen LogP contribution in [0.5, 0.6) is 0 Å². The molecule has 0 N–H and O–H groups in total. The number of ether oxygens (including phenoxy) is 1. The molecule has 0 saturated heterocycles. The van der Waals surface area contributed by atoms with Gasteiger partial charge in [-0.25, -0.2) is 8.42 Å². The minimum Gasteiger partial charge on any atom is -0.465 e. The average molecular weight is 318 g/mol. The van der Waals surface area contributed by atoms with E-state index in [1.807, 2.05) is 13.8 Å². The summed E-state index contributed by atoms with van der Waals surface area (Å²) in [4.78, 5) is 16.4. The Balaban J connectivity index is 3.24. The van der Waals surface area contributed by atoms with Crippen molar-refractivity contribution in [3.8, 4) is 0 Å². The summed E-state index contributed by atoms with van der Waals surface area (Å²) in [6.07, 6.45) is 1.96. The fraction of sp³-hybridized carbons (Fsp3) is 0.769. The number of nitrogens with zero attached hydrogens (tertiary/aromatic N) is 2. The summed E-state index contributed by atoms with van der Waals surface area (Å²) in [6.45, 7) is 7.10. The third-order valence-electron chi connectivity index (χ3n) is 3.73. The zero-order valence-corrected chi connectivity index (χ0v) is 13.9. The fourth-order valence-corrected chi connectivity index (χ4v) is 2.46. The Morgan fingerprint density at radius 2 is 1.90 bits per heavy atom. The van der Waals surface area contributed by atoms with Gasteiger partial charge in [0.25, 0.3) is 0 Å². The van der Waals surface area contributed by atoms with Gasteiger partial charge in [0, 0.05) is 6.26 Å². The van der Waals surface area contributed by atoms with Crippen LogP contribution >= 0.6 is 0 Å². The molecule has 0 aliphatic rings. The minimum atomic E-state index is -3.33. The monoisotopic (exact) mass is 318 g/mol. The van der Waals surface area contributed by atoms with Gasteiger partial charge in [0.15, 0.2) is 15.7 Å². The van der Waals surface area contributed by atoms with Gasteiger partial charge >= 0.3 is 5.97 Å². The number of esters is 1. The molecule has 0 radical (unpaired) electrons. The predicted octanol–water partition coefficient (Wildman–Crippen LogP) is 1.80. The Morgan fingerprint density at radius 1 is 1.33 bits per heavy atom. The number of sulfone groups is 1. The Hall–Kier alpha value is -1.44. The summed E-state index contributed by atoms with van der Waals surface area (Å²) < 4.78 is 33.4. The lowest BCUT2D eigenvalue weighted by molar-refractivity contribution is -0.151. The van der Waals surface area contributed by atoms with E-state index >= 15 is 0 Å². The zero-order chi connectivity index (χ0) is 16.3. The van der Waals surface area contributed by atoms with Gasteiger partial charge in [-0.3, -0.25) is 4.79 Å². The third-order valence-corrected chi connectivity index (χ3v) is 5.23. The summed E-state index contributed by atoms with van der Waals surface area (Å²) in [5.41, 5.74) is -1.03. The molecule has 1 heterocycles. The van der Waals surface area contributed by atoms with Crippen molar-refractivity contribution in [1.82, 2.24) is 10.1 Å². The van der Waals surface area contributed by atoms with Crippen LogP contribution in [0, 0.1) is 0 Å². The molecule has 120 valence electrons. The molecule has 0 amide bonds. The second-order valence-corrected chi connectivity index (χ2v) is 7.31. The molecule has 7 nitrogen and oxygen atoms in total. The van der Waals surface area contributed by atoms with Gasteiger partial charge in [-0.2, -0.15) is 4.98 Å². The molecule has 1 unspecified atom stereocenters. The van der Waals surface area contributed by atoms with Crippen molar-refractivity contribution in [2.45, 2.75) is 51.2 Å². The standard InChI is InChI=1S/C13H22N2O5S/c1-6-13(7-2,12(16)19-8-3)11-14-10(15-20-11)9(4)21(5,17)18/h9H,6-8H2,1-5H3. The highest BCUT2D eigenvalue weighted by atomic mass is 32.2. The van der Waals surface area contributed by atoms with Crippen LogP contribution in [-0.4, -0.2) is 37.4 Å². The van der Waals surface area contributed by atoms with Crippen molar-refractivity contribution >= 4 is 15.8 Å². The van der Waals surface area contributed by atoms with Gasteiger partial charge < -0.3 is 9.26 Å². The smallest absolute Gasteiger partial charge is 0.321 e. The lowest BCUT2D eigenvalue weighted by Crippen LogP contribution is -2.37. The topological polar surface area (TPSA) is 99.4 Å². The van der Waals surface area contributed by atoms with Crippen LogP contribution in [0.1, 0.15) is 57.5 Å². The lowest BCUT2D eigenvalue weighted by Gasteiger charge is -2.24. The largest absolute Gasteiger partial charge is 0.465 e. The first kappa shape index (κ1) is 17.6. The summed E-state index contributed by atoms with van der Waals surface area (Å²) in [5, 5.41) is 2.83. The Bertz CT molecular complexity index is 589. The highest BCUT2D eigenvalue weighted by Crippen LogP contribution is 2.33. The van der Waals surface area contributed by atoms with E-state index in [1.165, 1.54) is 6.92 Å². The second kappa shape index (κ2) is 6.55. The SMILES string of the molecule is CCOC(=O)C(CC)(CC)c1nc(C(C)S(C)(=O)=O)no1. The van der Waals surface area contributed by atoms with E-state index in [0.29, 0.717) is 12.8 Å². The van der Waals surface area contributed by atoms with Crippen molar-refractivity contribution in [2.24, 2.45) is 0 Å². The van der Waals surface area contributed by atoms with E-state index < -0.39 is 26.5 Å². The molecular weight excluding hydrogens is 296 g/mol. The van der Waals surface area contributed by atoms with Crippen LogP contribution < -0.4 is 0 Å². The summed E-state index contributed by atoms with van der Waals surface area (Å²) in [7, 11) is -3.33. The fourth-order valence-electron chi connectivity index (χ4n) is 1.98. The van der Waals surface area contributed by atoms with Crippen LogP contribution in [-0.2, 0) is 24.8 Å². The molecule has 8 heteroatoms. The first-order valence-electron chi connectivity index (χ1n) is 6.93. The number of rotatable bonds is 7. The van der Waals surface area contributed by atoms with E-state index in [4.69, 9.17) is 9.26 Å². The second-order valence-electron chi connectivity index (χ2n) is 4.94. The van der Waals surface area contributed by atoms with E-state index in [1.54, 1.807) is 6.92 Å². The number of carbonyl (C=O) groups is 1. The van der Waals surface area contributed by atoms with Crippen LogP contribution in [0.15, 0.2) is 4.52 Å². The number of carbonyl (C=O) groups excluding carboxylic acids is 1. The lowest BCUT2D eigenvalue weighted by atomic mass is 9.82. The Kier molecular flexibility index (Phi) is 5.49. The Labute approximate surface area is 125 Å². The average Bonchev–Trinajstić information content (AvgIpc) is 2.89. The van der Waals surface area contributed by atoms with Crippen molar-refractivity contribution in [1.29, 1.82) is 0 Å². The summed E-state index contributed by atoms with van der Waals surface area (Å²) in [5.74, 6) is -0.267. The molecule has 1 aromatic rings. The van der Waals surface area contributed by atoms with E-state index in [-0.39, 0.29) is 18.3 Å². The molecular formula is C13H22N2O5S. The van der Waals surface area contributed by atoms with Crippen LogP contribution in [0.3, 0.4) is 0 Å². The maximum atomic E-state index is 12.2. The minimum absolute atomic E-state index is 0.0584.